The number of nitrogens with one attached hydrogen (secondary N) is 2. The molecular weight excluding hydrogens is 383 g/mol. The minimum atomic E-state index is -3.88. The Bertz CT molecular complexity index is 930. The highest BCUT2D eigenvalue weighted by Crippen LogP contribution is 2.22. The molecule has 2 unspecified atom stereocenters. The van der Waals surface area contributed by atoms with E-state index in [0.717, 1.165) is 0 Å². The van der Waals surface area contributed by atoms with Crippen molar-refractivity contribution in [2.75, 3.05) is 6.61 Å². The van der Waals surface area contributed by atoms with E-state index >= 15 is 0 Å². The van der Waals surface area contributed by atoms with E-state index in [1.807, 2.05) is 6.92 Å². The van der Waals surface area contributed by atoms with Crippen molar-refractivity contribution in [3.63, 3.8) is 0 Å². The minimum Gasteiger partial charge on any atom is -0.494 e. The van der Waals surface area contributed by atoms with Gasteiger partial charge >= 0.3 is 0 Å². The molecule has 0 radical (unpaired) electrons. The molecule has 152 valence electrons. The molecule has 0 aliphatic heterocycles. The SMILES string of the molecule is CCOc1ccc(S(=O)(=O)NC(C)C(=O)NC(C)c2ccc(F)cc2)cc1C. The number of hydrogen-bond acceptors (Lipinski definition) is 4. The molecular formula is C20H25FN2O4S. The molecule has 8 heteroatoms. The zero-order valence-electron chi connectivity index (χ0n) is 16.3. The third-order valence-corrected chi connectivity index (χ3v) is 5.75. The fraction of sp³-hybridized carbons (Fsp3) is 0.350. The lowest BCUT2D eigenvalue weighted by Gasteiger charge is -2.19. The van der Waals surface area contributed by atoms with Crippen molar-refractivity contribution >= 4 is 15.9 Å². The second-order valence-corrected chi connectivity index (χ2v) is 8.20. The van der Waals surface area contributed by atoms with Crippen LogP contribution in [0, 0.1) is 12.7 Å². The number of aryl methyl sites for hydroxylation is 1. The van der Waals surface area contributed by atoms with Crippen molar-refractivity contribution < 1.29 is 22.3 Å². The normalized spacial score (nSPS) is 13.6. The monoisotopic (exact) mass is 408 g/mol. The summed E-state index contributed by atoms with van der Waals surface area (Å²) in [5, 5.41) is 2.72. The molecule has 0 aromatic heterocycles. The average Bonchev–Trinajstić information content (AvgIpc) is 2.63. The van der Waals surface area contributed by atoms with Crippen LogP contribution in [0.4, 0.5) is 4.39 Å². The lowest BCUT2D eigenvalue weighted by Crippen LogP contribution is -2.45. The molecule has 6 nitrogen and oxygen atoms in total. The molecule has 0 bridgehead atoms. The quantitative estimate of drug-likeness (QED) is 0.703. The number of halogens is 1. The Labute approximate surface area is 165 Å². The van der Waals surface area contributed by atoms with Crippen molar-refractivity contribution in [2.45, 2.75) is 44.7 Å². The second-order valence-electron chi connectivity index (χ2n) is 6.49. The Morgan fingerprint density at radius 2 is 1.79 bits per heavy atom. The summed E-state index contributed by atoms with van der Waals surface area (Å²) in [6.45, 7) is 7.28. The first kappa shape index (κ1) is 21.8. The van der Waals surface area contributed by atoms with E-state index in [1.54, 1.807) is 32.0 Å². The van der Waals surface area contributed by atoms with E-state index in [4.69, 9.17) is 4.74 Å². The van der Waals surface area contributed by atoms with E-state index in [-0.39, 0.29) is 10.7 Å². The van der Waals surface area contributed by atoms with Gasteiger partial charge in [-0.15, -0.1) is 0 Å². The summed E-state index contributed by atoms with van der Waals surface area (Å²) in [4.78, 5) is 12.4. The summed E-state index contributed by atoms with van der Waals surface area (Å²) < 4.78 is 46.0. The first-order chi connectivity index (χ1) is 13.1. The standard InChI is InChI=1S/C20H25FN2O4S/c1-5-27-19-11-10-18(12-13(19)2)28(25,26)23-15(4)20(24)22-14(3)16-6-8-17(21)9-7-16/h6-12,14-15,23H,5H2,1-4H3,(H,22,24). The lowest BCUT2D eigenvalue weighted by atomic mass is 10.1. The topological polar surface area (TPSA) is 84.5 Å². The molecule has 0 saturated heterocycles. The molecule has 2 aromatic rings. The van der Waals surface area contributed by atoms with Crippen LogP contribution in [0.15, 0.2) is 47.4 Å². The summed E-state index contributed by atoms with van der Waals surface area (Å²) in [6, 6.07) is 8.89. The first-order valence-electron chi connectivity index (χ1n) is 8.95. The largest absolute Gasteiger partial charge is 0.494 e. The Hall–Kier alpha value is -2.45. The van der Waals surface area contributed by atoms with Gasteiger partial charge in [0.2, 0.25) is 15.9 Å². The molecule has 2 rings (SSSR count). The van der Waals surface area contributed by atoms with Crippen LogP contribution in [-0.2, 0) is 14.8 Å². The van der Waals surface area contributed by atoms with Gasteiger partial charge in [-0.2, -0.15) is 4.72 Å². The summed E-state index contributed by atoms with van der Waals surface area (Å²) in [5.74, 6) is -0.238. The Morgan fingerprint density at radius 3 is 2.36 bits per heavy atom. The van der Waals surface area contributed by atoms with Crippen LogP contribution in [0.25, 0.3) is 0 Å². The second kappa shape index (κ2) is 9.16. The van der Waals surface area contributed by atoms with Crippen LogP contribution in [0.1, 0.15) is 37.9 Å². The fourth-order valence-corrected chi connectivity index (χ4v) is 3.92. The first-order valence-corrected chi connectivity index (χ1v) is 10.4. The van der Waals surface area contributed by atoms with E-state index in [1.165, 1.54) is 31.2 Å². The highest BCUT2D eigenvalue weighted by molar-refractivity contribution is 7.89. The number of sulfonamides is 1. The van der Waals surface area contributed by atoms with Gasteiger partial charge in [0.15, 0.2) is 0 Å². The molecule has 2 aromatic carbocycles. The average molecular weight is 408 g/mol. The maximum absolute atomic E-state index is 13.0. The Kier molecular flexibility index (Phi) is 7.15. The van der Waals surface area contributed by atoms with Crippen molar-refractivity contribution in [1.29, 1.82) is 0 Å². The van der Waals surface area contributed by atoms with E-state index in [2.05, 4.69) is 10.0 Å². The highest BCUT2D eigenvalue weighted by atomic mass is 32.2. The number of hydrogen-bond donors (Lipinski definition) is 2. The zero-order valence-corrected chi connectivity index (χ0v) is 17.1. The number of ether oxygens (including phenoxy) is 1. The molecule has 2 atom stereocenters. The van der Waals surface area contributed by atoms with Gasteiger partial charge in [0, 0.05) is 0 Å². The van der Waals surface area contributed by atoms with Gasteiger partial charge in [0.1, 0.15) is 11.6 Å². The summed E-state index contributed by atoms with van der Waals surface area (Å²) >= 11 is 0. The van der Waals surface area contributed by atoms with Crippen LogP contribution in [0.3, 0.4) is 0 Å². The van der Waals surface area contributed by atoms with E-state index in [9.17, 15) is 17.6 Å². The summed E-state index contributed by atoms with van der Waals surface area (Å²) in [5.41, 5.74) is 1.40. The number of amides is 1. The summed E-state index contributed by atoms with van der Waals surface area (Å²) in [6.07, 6.45) is 0. The van der Waals surface area contributed by atoms with Gasteiger partial charge in [0.05, 0.1) is 23.6 Å². The van der Waals surface area contributed by atoms with Crippen LogP contribution in [0.2, 0.25) is 0 Å². The lowest BCUT2D eigenvalue weighted by molar-refractivity contribution is -0.123. The molecule has 0 saturated carbocycles. The van der Waals surface area contributed by atoms with Crippen molar-refractivity contribution in [2.24, 2.45) is 0 Å². The number of benzene rings is 2. The molecule has 28 heavy (non-hydrogen) atoms. The number of carbonyl (C=O) groups is 1. The third-order valence-electron chi connectivity index (χ3n) is 4.21. The van der Waals surface area contributed by atoms with Gasteiger partial charge in [-0.3, -0.25) is 4.79 Å². The van der Waals surface area contributed by atoms with Gasteiger partial charge < -0.3 is 10.1 Å². The van der Waals surface area contributed by atoms with Crippen LogP contribution < -0.4 is 14.8 Å². The van der Waals surface area contributed by atoms with E-state index < -0.39 is 28.0 Å². The van der Waals surface area contributed by atoms with Gasteiger partial charge in [-0.1, -0.05) is 12.1 Å². The molecule has 0 heterocycles. The summed E-state index contributed by atoms with van der Waals surface area (Å²) in [7, 11) is -3.88. The number of rotatable bonds is 8. The molecule has 1 amide bonds. The molecule has 0 aliphatic rings. The molecule has 0 fully saturated rings. The van der Waals surface area contributed by atoms with Crippen molar-refractivity contribution in [3.8, 4) is 5.75 Å². The molecule has 0 aliphatic carbocycles. The maximum Gasteiger partial charge on any atom is 0.241 e. The predicted molar refractivity (Wildman–Crippen MR) is 105 cm³/mol. The van der Waals surface area contributed by atoms with Crippen LogP contribution >= 0.6 is 0 Å². The van der Waals surface area contributed by atoms with Crippen molar-refractivity contribution in [1.82, 2.24) is 10.0 Å². The van der Waals surface area contributed by atoms with Gasteiger partial charge in [-0.05, 0) is 69.2 Å². The fourth-order valence-electron chi connectivity index (χ4n) is 2.63. The predicted octanol–water partition coefficient (Wildman–Crippen LogP) is 3.08. The third kappa shape index (κ3) is 5.53. The van der Waals surface area contributed by atoms with Gasteiger partial charge in [0.25, 0.3) is 0 Å². The van der Waals surface area contributed by atoms with Gasteiger partial charge in [-0.25, -0.2) is 12.8 Å². The van der Waals surface area contributed by atoms with E-state index in [0.29, 0.717) is 23.5 Å². The molecule has 2 N–H and O–H groups in total. The number of carbonyl (C=O) groups excluding carboxylic acids is 1. The maximum atomic E-state index is 13.0. The smallest absolute Gasteiger partial charge is 0.241 e. The Morgan fingerprint density at radius 1 is 1.14 bits per heavy atom. The highest BCUT2D eigenvalue weighted by Gasteiger charge is 2.23. The zero-order chi connectivity index (χ0) is 20.9. The molecule has 0 spiro atoms. The minimum absolute atomic E-state index is 0.0553. The van der Waals surface area contributed by atoms with Crippen molar-refractivity contribution in [3.05, 3.63) is 59.4 Å². The Balaban J connectivity index is 2.05. The van der Waals surface area contributed by atoms with Crippen LogP contribution in [-0.4, -0.2) is 27.0 Å². The van der Waals surface area contributed by atoms with Crippen LogP contribution in [0.5, 0.6) is 5.75 Å².